The predicted molar refractivity (Wildman–Crippen MR) is 65.0 cm³/mol. The summed E-state index contributed by atoms with van der Waals surface area (Å²) in [6, 6.07) is 0. The van der Waals surface area contributed by atoms with E-state index in [-0.39, 0.29) is 0 Å². The van der Waals surface area contributed by atoms with Gasteiger partial charge in [-0.05, 0) is 54.7 Å². The second-order valence-electron chi connectivity index (χ2n) is 4.11. The second-order valence-corrected chi connectivity index (χ2v) is 4.90. The van der Waals surface area contributed by atoms with Crippen LogP contribution in [0.2, 0.25) is 0 Å². The van der Waals surface area contributed by atoms with E-state index in [0.29, 0.717) is 0 Å². The van der Waals surface area contributed by atoms with Gasteiger partial charge in [0.2, 0.25) is 0 Å². The van der Waals surface area contributed by atoms with Gasteiger partial charge in [-0.2, -0.15) is 5.10 Å². The quantitative estimate of drug-likeness (QED) is 0.908. The topological polar surface area (TPSA) is 29.9 Å². The fraction of sp³-hybridized carbons (Fsp3) is 0.727. The standard InChI is InChI=1S/C11H18BrN3/c1-3-9-11(12)10(15(4-2)14-9)5-8-6-13-7-8/h8,13H,3-7H2,1-2H3. The molecule has 0 bridgehead atoms. The molecule has 1 aromatic heterocycles. The number of aromatic nitrogens is 2. The summed E-state index contributed by atoms with van der Waals surface area (Å²) < 4.78 is 3.38. The summed E-state index contributed by atoms with van der Waals surface area (Å²) in [5.74, 6) is 0.799. The van der Waals surface area contributed by atoms with Crippen molar-refractivity contribution in [3.05, 3.63) is 15.9 Å². The van der Waals surface area contributed by atoms with E-state index in [1.54, 1.807) is 0 Å². The van der Waals surface area contributed by atoms with Gasteiger partial charge in [0.15, 0.2) is 0 Å². The van der Waals surface area contributed by atoms with Crippen LogP contribution in [0.4, 0.5) is 0 Å². The van der Waals surface area contributed by atoms with Crippen molar-refractivity contribution in [2.75, 3.05) is 13.1 Å². The molecule has 1 aliphatic heterocycles. The zero-order chi connectivity index (χ0) is 10.8. The van der Waals surface area contributed by atoms with Crippen molar-refractivity contribution < 1.29 is 0 Å². The van der Waals surface area contributed by atoms with E-state index >= 15 is 0 Å². The van der Waals surface area contributed by atoms with Crippen LogP contribution in [0.15, 0.2) is 4.47 Å². The van der Waals surface area contributed by atoms with Crippen LogP contribution in [0.3, 0.4) is 0 Å². The molecule has 1 N–H and O–H groups in total. The molecule has 2 heterocycles. The van der Waals surface area contributed by atoms with Crippen LogP contribution >= 0.6 is 15.9 Å². The normalized spacial score (nSPS) is 16.7. The molecule has 0 amide bonds. The van der Waals surface area contributed by atoms with Gasteiger partial charge in [-0.3, -0.25) is 4.68 Å². The maximum Gasteiger partial charge on any atom is 0.0766 e. The van der Waals surface area contributed by atoms with Gasteiger partial charge in [0.1, 0.15) is 0 Å². The maximum atomic E-state index is 4.61. The highest BCUT2D eigenvalue weighted by molar-refractivity contribution is 9.10. The number of hydrogen-bond donors (Lipinski definition) is 1. The highest BCUT2D eigenvalue weighted by atomic mass is 79.9. The van der Waals surface area contributed by atoms with Crippen molar-refractivity contribution >= 4 is 15.9 Å². The lowest BCUT2D eigenvalue weighted by atomic mass is 9.97. The molecule has 1 aliphatic rings. The SMILES string of the molecule is CCc1nn(CC)c(CC2CNC2)c1Br. The van der Waals surface area contributed by atoms with E-state index in [9.17, 15) is 0 Å². The maximum absolute atomic E-state index is 4.61. The van der Waals surface area contributed by atoms with Gasteiger partial charge in [0.05, 0.1) is 15.9 Å². The first kappa shape index (κ1) is 11.1. The van der Waals surface area contributed by atoms with Crippen LogP contribution in [0, 0.1) is 5.92 Å². The first-order valence-electron chi connectivity index (χ1n) is 5.71. The van der Waals surface area contributed by atoms with Gasteiger partial charge >= 0.3 is 0 Å². The zero-order valence-corrected chi connectivity index (χ0v) is 11.0. The number of rotatable bonds is 4. The molecule has 15 heavy (non-hydrogen) atoms. The number of nitrogens with zero attached hydrogens (tertiary/aromatic N) is 2. The minimum Gasteiger partial charge on any atom is -0.316 e. The van der Waals surface area contributed by atoms with Crippen LogP contribution in [0.1, 0.15) is 25.2 Å². The van der Waals surface area contributed by atoms with Crippen molar-refractivity contribution in [2.24, 2.45) is 5.92 Å². The van der Waals surface area contributed by atoms with Gasteiger partial charge in [-0.25, -0.2) is 0 Å². The lowest BCUT2D eigenvalue weighted by Crippen LogP contribution is -2.43. The van der Waals surface area contributed by atoms with Crippen molar-refractivity contribution in [1.29, 1.82) is 0 Å². The summed E-state index contributed by atoms with van der Waals surface area (Å²) in [4.78, 5) is 0. The summed E-state index contributed by atoms with van der Waals surface area (Å²) in [5.41, 5.74) is 2.57. The largest absolute Gasteiger partial charge is 0.316 e. The minimum atomic E-state index is 0.799. The third-order valence-corrected chi connectivity index (χ3v) is 3.96. The highest BCUT2D eigenvalue weighted by Gasteiger charge is 2.22. The predicted octanol–water partition coefficient (Wildman–Crippen LogP) is 1.99. The van der Waals surface area contributed by atoms with Crippen molar-refractivity contribution in [2.45, 2.75) is 33.2 Å². The molecule has 1 fully saturated rings. The summed E-state index contributed by atoms with van der Waals surface area (Å²) in [5, 5.41) is 7.92. The number of aryl methyl sites for hydroxylation is 2. The molecule has 0 unspecified atom stereocenters. The number of halogens is 1. The van der Waals surface area contributed by atoms with Crippen molar-refractivity contribution in [3.8, 4) is 0 Å². The van der Waals surface area contributed by atoms with Gasteiger partial charge < -0.3 is 5.32 Å². The average Bonchev–Trinajstić information content (AvgIpc) is 2.49. The van der Waals surface area contributed by atoms with Gasteiger partial charge in [-0.1, -0.05) is 6.92 Å². The van der Waals surface area contributed by atoms with Crippen LogP contribution in [-0.4, -0.2) is 22.9 Å². The Morgan fingerprint density at radius 2 is 2.20 bits per heavy atom. The minimum absolute atomic E-state index is 0.799. The van der Waals surface area contributed by atoms with E-state index in [1.165, 1.54) is 15.9 Å². The van der Waals surface area contributed by atoms with Gasteiger partial charge in [-0.15, -0.1) is 0 Å². The third kappa shape index (κ3) is 2.11. The Labute approximate surface area is 99.4 Å². The molecule has 0 atom stereocenters. The monoisotopic (exact) mass is 271 g/mol. The lowest BCUT2D eigenvalue weighted by Gasteiger charge is -2.27. The van der Waals surface area contributed by atoms with Crippen molar-refractivity contribution in [1.82, 2.24) is 15.1 Å². The molecule has 84 valence electrons. The van der Waals surface area contributed by atoms with Gasteiger partial charge in [0, 0.05) is 6.54 Å². The Hall–Kier alpha value is -0.350. The van der Waals surface area contributed by atoms with Crippen molar-refractivity contribution in [3.63, 3.8) is 0 Å². The zero-order valence-electron chi connectivity index (χ0n) is 9.39. The first-order valence-corrected chi connectivity index (χ1v) is 6.50. The Morgan fingerprint density at radius 1 is 1.47 bits per heavy atom. The molecule has 1 saturated heterocycles. The fourth-order valence-electron chi connectivity index (χ4n) is 1.98. The van der Waals surface area contributed by atoms with E-state index in [0.717, 1.165) is 38.4 Å². The molecular weight excluding hydrogens is 254 g/mol. The number of hydrogen-bond acceptors (Lipinski definition) is 2. The molecule has 3 nitrogen and oxygen atoms in total. The van der Waals surface area contributed by atoms with E-state index < -0.39 is 0 Å². The lowest BCUT2D eigenvalue weighted by molar-refractivity contribution is 0.338. The van der Waals surface area contributed by atoms with E-state index in [1.807, 2.05) is 0 Å². The molecule has 0 aliphatic carbocycles. The third-order valence-electron chi connectivity index (χ3n) is 3.04. The first-order chi connectivity index (χ1) is 7.26. The summed E-state index contributed by atoms with van der Waals surface area (Å²) in [6.07, 6.45) is 2.15. The van der Waals surface area contributed by atoms with Crippen LogP contribution < -0.4 is 5.32 Å². The van der Waals surface area contributed by atoms with Crippen LogP contribution in [0.25, 0.3) is 0 Å². The smallest absolute Gasteiger partial charge is 0.0766 e. The van der Waals surface area contributed by atoms with Crippen LogP contribution in [0.5, 0.6) is 0 Å². The second kappa shape index (κ2) is 4.66. The molecule has 4 heteroatoms. The molecule has 0 saturated carbocycles. The molecule has 1 aromatic rings. The molecule has 0 spiro atoms. The number of nitrogens with one attached hydrogen (secondary N) is 1. The summed E-state index contributed by atoms with van der Waals surface area (Å²) >= 11 is 3.68. The van der Waals surface area contributed by atoms with Gasteiger partial charge in [0.25, 0.3) is 0 Å². The molecule has 0 aromatic carbocycles. The Balaban J connectivity index is 2.21. The molecular formula is C11H18BrN3. The Bertz CT molecular complexity index is 342. The highest BCUT2D eigenvalue weighted by Crippen LogP contribution is 2.25. The van der Waals surface area contributed by atoms with Crippen LogP contribution in [-0.2, 0) is 19.4 Å². The summed E-state index contributed by atoms with van der Waals surface area (Å²) in [7, 11) is 0. The fourth-order valence-corrected chi connectivity index (χ4v) is 2.70. The Morgan fingerprint density at radius 3 is 2.67 bits per heavy atom. The Kier molecular flexibility index (Phi) is 3.46. The van der Waals surface area contributed by atoms with E-state index in [4.69, 9.17) is 0 Å². The molecule has 0 radical (unpaired) electrons. The average molecular weight is 272 g/mol. The molecule has 2 rings (SSSR count). The summed E-state index contributed by atoms with van der Waals surface area (Å²) in [6.45, 7) is 7.59. The van der Waals surface area contributed by atoms with E-state index in [2.05, 4.69) is 44.9 Å².